The second kappa shape index (κ2) is 11.0. The molecule has 0 aliphatic carbocycles. The first-order valence-electron chi connectivity index (χ1n) is 11.4. The SMILES string of the molecule is CC(C)=CCCC(C)=CCCC(C)=CCc1cc(O)c2c(c1)=c1cccc(O)c1=NN(O)C=2. The summed E-state index contributed by atoms with van der Waals surface area (Å²) < 4.78 is 0. The molecule has 0 radical (unpaired) electrons. The van der Waals surface area contributed by atoms with E-state index in [2.05, 4.69) is 51.0 Å². The Kier molecular flexibility index (Phi) is 8.12. The predicted molar refractivity (Wildman–Crippen MR) is 132 cm³/mol. The molecule has 0 amide bonds. The van der Waals surface area contributed by atoms with Crippen LogP contribution in [0.5, 0.6) is 11.5 Å². The molecule has 0 bridgehead atoms. The molecule has 1 heterocycles. The highest BCUT2D eigenvalue weighted by Gasteiger charge is 2.08. The lowest BCUT2D eigenvalue weighted by molar-refractivity contribution is -0.0230. The van der Waals surface area contributed by atoms with Crippen LogP contribution in [0.1, 0.15) is 58.9 Å². The Morgan fingerprint density at radius 3 is 2.30 bits per heavy atom. The summed E-state index contributed by atoms with van der Waals surface area (Å²) in [6, 6.07) is 8.77. The van der Waals surface area contributed by atoms with Crippen molar-refractivity contribution in [3.05, 3.63) is 91.9 Å². The normalized spacial score (nSPS) is 13.4. The molecule has 0 fully saturated rings. The van der Waals surface area contributed by atoms with Gasteiger partial charge in [-0.15, -0.1) is 10.3 Å². The van der Waals surface area contributed by atoms with E-state index < -0.39 is 0 Å². The van der Waals surface area contributed by atoms with E-state index in [9.17, 15) is 15.4 Å². The summed E-state index contributed by atoms with van der Waals surface area (Å²) in [5, 5.41) is 37.7. The molecular weight excluding hydrogens is 412 g/mol. The Labute approximate surface area is 195 Å². The van der Waals surface area contributed by atoms with Crippen LogP contribution in [0.3, 0.4) is 0 Å². The fourth-order valence-corrected chi connectivity index (χ4v) is 3.90. The number of nitrogens with zero attached hydrogens (tertiary/aromatic N) is 2. The average Bonchev–Trinajstić information content (AvgIpc) is 2.89. The van der Waals surface area contributed by atoms with Crippen molar-refractivity contribution in [3.8, 4) is 11.5 Å². The zero-order valence-corrected chi connectivity index (χ0v) is 20.0. The summed E-state index contributed by atoms with van der Waals surface area (Å²) in [6.07, 6.45) is 13.1. The number of allylic oxidation sites excluding steroid dienone is 6. The first kappa shape index (κ1) is 24.3. The van der Waals surface area contributed by atoms with Crippen LogP contribution >= 0.6 is 0 Å². The van der Waals surface area contributed by atoms with E-state index in [0.29, 0.717) is 22.0 Å². The summed E-state index contributed by atoms with van der Waals surface area (Å²) >= 11 is 0. The van der Waals surface area contributed by atoms with Crippen molar-refractivity contribution in [1.82, 2.24) is 5.17 Å². The van der Waals surface area contributed by atoms with E-state index in [4.69, 9.17) is 0 Å². The van der Waals surface area contributed by atoms with Crippen molar-refractivity contribution < 1.29 is 15.4 Å². The van der Waals surface area contributed by atoms with E-state index in [0.717, 1.165) is 36.5 Å². The average molecular weight is 447 g/mol. The number of aromatic hydroxyl groups is 2. The molecule has 5 nitrogen and oxygen atoms in total. The maximum absolute atomic E-state index is 10.6. The molecule has 0 unspecified atom stereocenters. The van der Waals surface area contributed by atoms with E-state index in [1.807, 2.05) is 12.1 Å². The van der Waals surface area contributed by atoms with Gasteiger partial charge in [0, 0.05) is 10.4 Å². The second-order valence-electron chi connectivity index (χ2n) is 8.96. The molecule has 2 aromatic carbocycles. The van der Waals surface area contributed by atoms with Crippen molar-refractivity contribution in [2.75, 3.05) is 0 Å². The molecule has 0 spiro atoms. The third-order valence-corrected chi connectivity index (χ3v) is 5.78. The Hall–Kier alpha value is -3.31. The maximum atomic E-state index is 10.6. The number of benzene rings is 2. The smallest absolute Gasteiger partial charge is 0.143 e. The van der Waals surface area contributed by atoms with Crippen molar-refractivity contribution in [2.45, 2.75) is 59.8 Å². The minimum atomic E-state index is -0.0300. The van der Waals surface area contributed by atoms with Crippen LogP contribution < -0.4 is 10.6 Å². The highest BCUT2D eigenvalue weighted by atomic mass is 16.5. The van der Waals surface area contributed by atoms with Gasteiger partial charge in [-0.1, -0.05) is 47.1 Å². The number of hydrogen-bond donors (Lipinski definition) is 3. The van der Waals surface area contributed by atoms with Gasteiger partial charge in [-0.25, -0.2) is 0 Å². The Morgan fingerprint density at radius 1 is 0.879 bits per heavy atom. The Bertz CT molecular complexity index is 1320. The lowest BCUT2D eigenvalue weighted by atomic mass is 10.0. The molecule has 0 atom stereocenters. The van der Waals surface area contributed by atoms with Gasteiger partial charge in [-0.3, -0.25) is 5.21 Å². The monoisotopic (exact) mass is 446 g/mol. The highest BCUT2D eigenvalue weighted by molar-refractivity contribution is 5.40. The zero-order valence-electron chi connectivity index (χ0n) is 20.0. The van der Waals surface area contributed by atoms with Gasteiger partial charge in [0.05, 0.1) is 6.20 Å². The quantitative estimate of drug-likeness (QED) is 0.480. The van der Waals surface area contributed by atoms with Crippen LogP contribution in [0, 0.1) is 10.4 Å². The maximum Gasteiger partial charge on any atom is 0.143 e. The fourth-order valence-electron chi connectivity index (χ4n) is 3.90. The van der Waals surface area contributed by atoms with E-state index in [1.165, 1.54) is 29.0 Å². The molecule has 1 aliphatic rings. The molecule has 2 aromatic rings. The summed E-state index contributed by atoms with van der Waals surface area (Å²) in [4.78, 5) is 0. The van der Waals surface area contributed by atoms with Crippen molar-refractivity contribution in [3.63, 3.8) is 0 Å². The summed E-state index contributed by atoms with van der Waals surface area (Å²) in [5.41, 5.74) is 5.05. The molecule has 33 heavy (non-hydrogen) atoms. The number of phenols is 2. The van der Waals surface area contributed by atoms with Crippen LogP contribution in [0.15, 0.2) is 70.4 Å². The summed E-state index contributed by atoms with van der Waals surface area (Å²) in [6.45, 7) is 8.60. The lowest BCUT2D eigenvalue weighted by Gasteiger charge is -2.05. The van der Waals surface area contributed by atoms with Gasteiger partial charge in [0.15, 0.2) is 0 Å². The molecule has 1 aliphatic heterocycles. The molecule has 3 rings (SSSR count). The van der Waals surface area contributed by atoms with Crippen LogP contribution in [-0.2, 0) is 6.42 Å². The zero-order chi connectivity index (χ0) is 24.0. The Balaban J connectivity index is 1.80. The lowest BCUT2D eigenvalue weighted by Crippen LogP contribution is -2.13. The van der Waals surface area contributed by atoms with Crippen LogP contribution in [0.2, 0.25) is 0 Å². The van der Waals surface area contributed by atoms with Gasteiger partial charge in [-0.05, 0) is 88.8 Å². The van der Waals surface area contributed by atoms with Crippen molar-refractivity contribution in [2.24, 2.45) is 5.10 Å². The first-order valence-corrected chi connectivity index (χ1v) is 11.4. The molecule has 0 saturated carbocycles. The summed E-state index contributed by atoms with van der Waals surface area (Å²) in [7, 11) is 0. The van der Waals surface area contributed by atoms with Crippen molar-refractivity contribution in [1.29, 1.82) is 0 Å². The number of fused-ring (bicyclic) bond motifs is 2. The largest absolute Gasteiger partial charge is 0.507 e. The van der Waals surface area contributed by atoms with Crippen LogP contribution in [0.4, 0.5) is 0 Å². The third-order valence-electron chi connectivity index (χ3n) is 5.78. The molecule has 174 valence electrons. The number of phenolic OH excluding ortho intramolecular Hbond substituents is 2. The van der Waals surface area contributed by atoms with Crippen LogP contribution in [-0.4, -0.2) is 20.6 Å². The topological polar surface area (TPSA) is 76.3 Å². The fraction of sp³-hybridized carbons (Fsp3) is 0.321. The van der Waals surface area contributed by atoms with Crippen LogP contribution in [0.25, 0.3) is 6.20 Å². The number of hydrogen-bond acceptors (Lipinski definition) is 5. The number of hydroxylamine groups is 1. The molecular formula is C28H34N2O3. The van der Waals surface area contributed by atoms with Gasteiger partial charge < -0.3 is 10.2 Å². The van der Waals surface area contributed by atoms with Gasteiger partial charge >= 0.3 is 0 Å². The van der Waals surface area contributed by atoms with E-state index >= 15 is 0 Å². The second-order valence-corrected chi connectivity index (χ2v) is 8.96. The minimum absolute atomic E-state index is 0.0300. The third kappa shape index (κ3) is 6.59. The standard InChI is InChI=1S/C28H34N2O3/c1-19(2)8-5-9-20(3)10-6-11-21(4)14-15-22-16-24-23-12-7-13-26(31)28(23)29-30(33)18-25(24)27(32)17-22/h7-8,10,12-14,16-18,31-33H,5-6,9,11,15H2,1-4H3. The predicted octanol–water partition coefficient (Wildman–Crippen LogP) is 5.32. The molecule has 0 saturated heterocycles. The highest BCUT2D eigenvalue weighted by Crippen LogP contribution is 2.15. The summed E-state index contributed by atoms with van der Waals surface area (Å²) in [5.74, 6) is 0.0338. The van der Waals surface area contributed by atoms with Gasteiger partial charge in [0.2, 0.25) is 0 Å². The number of rotatable bonds is 8. The molecule has 3 N–H and O–H groups in total. The van der Waals surface area contributed by atoms with Gasteiger partial charge in [0.1, 0.15) is 16.9 Å². The minimum Gasteiger partial charge on any atom is -0.507 e. The first-order chi connectivity index (χ1) is 15.7. The van der Waals surface area contributed by atoms with Crippen molar-refractivity contribution >= 4 is 6.20 Å². The molecule has 5 heteroatoms. The van der Waals surface area contributed by atoms with E-state index in [-0.39, 0.29) is 16.9 Å². The molecule has 0 aromatic heterocycles. The van der Waals surface area contributed by atoms with Gasteiger partial charge in [0.25, 0.3) is 0 Å². The Morgan fingerprint density at radius 2 is 1.58 bits per heavy atom. The van der Waals surface area contributed by atoms with E-state index in [1.54, 1.807) is 12.1 Å². The van der Waals surface area contributed by atoms with Gasteiger partial charge in [-0.2, -0.15) is 0 Å².